The molecule has 2 aromatic carbocycles. The predicted molar refractivity (Wildman–Crippen MR) is 97.5 cm³/mol. The van der Waals surface area contributed by atoms with Crippen molar-refractivity contribution in [2.45, 2.75) is 12.8 Å². The van der Waals surface area contributed by atoms with Crippen molar-refractivity contribution in [1.82, 2.24) is 0 Å². The fourth-order valence-corrected chi connectivity index (χ4v) is 2.82. The summed E-state index contributed by atoms with van der Waals surface area (Å²) in [6.07, 6.45) is 1.69. The van der Waals surface area contributed by atoms with E-state index in [9.17, 15) is 4.79 Å². The van der Waals surface area contributed by atoms with E-state index >= 15 is 0 Å². The molecule has 0 fully saturated rings. The lowest BCUT2D eigenvalue weighted by Gasteiger charge is -2.24. The van der Waals surface area contributed by atoms with Gasteiger partial charge in [0.25, 0.3) is 0 Å². The first-order valence-corrected chi connectivity index (χ1v) is 8.10. The minimum absolute atomic E-state index is 0.289. The second-order valence-corrected chi connectivity index (χ2v) is 5.79. The number of ether oxygens (including phenoxy) is 1. The molecule has 5 nitrogen and oxygen atoms in total. The number of amides is 2. The molecule has 0 saturated heterocycles. The topological polar surface area (TPSA) is 53.9 Å². The number of hydrogen-bond donors (Lipinski definition) is 1. The van der Waals surface area contributed by atoms with Crippen LogP contribution in [0.15, 0.2) is 53.5 Å². The molecule has 0 unspecified atom stereocenters. The third-order valence-electron chi connectivity index (χ3n) is 3.72. The number of nitrogens with zero attached hydrogens (tertiary/aromatic N) is 2. The molecule has 6 heteroatoms. The van der Waals surface area contributed by atoms with E-state index in [1.165, 1.54) is 0 Å². The second-order valence-electron chi connectivity index (χ2n) is 5.35. The number of rotatable bonds is 3. The Balaban J connectivity index is 1.94. The number of aliphatic imine (C=N–C) groups is 1. The van der Waals surface area contributed by atoms with E-state index in [1.54, 1.807) is 36.3 Å². The van der Waals surface area contributed by atoms with E-state index in [2.05, 4.69) is 10.3 Å². The van der Waals surface area contributed by atoms with Gasteiger partial charge in [-0.2, -0.15) is 0 Å². The van der Waals surface area contributed by atoms with Crippen molar-refractivity contribution in [3.05, 3.63) is 53.6 Å². The number of halogens is 1. The van der Waals surface area contributed by atoms with Crippen LogP contribution in [0.3, 0.4) is 0 Å². The number of urea groups is 1. The van der Waals surface area contributed by atoms with Gasteiger partial charge >= 0.3 is 6.03 Å². The zero-order chi connectivity index (χ0) is 16.9. The van der Waals surface area contributed by atoms with Crippen molar-refractivity contribution in [1.29, 1.82) is 0 Å². The first kappa shape index (κ1) is 16.3. The Morgan fingerprint density at radius 1 is 1.25 bits per heavy atom. The largest absolute Gasteiger partial charge is 0.495 e. The van der Waals surface area contributed by atoms with Gasteiger partial charge in [0.05, 0.1) is 12.8 Å². The smallest absolute Gasteiger partial charge is 0.332 e. The molecule has 3 rings (SSSR count). The van der Waals surface area contributed by atoms with Crippen LogP contribution < -0.4 is 15.0 Å². The van der Waals surface area contributed by atoms with Crippen LogP contribution in [0, 0.1) is 0 Å². The number of para-hydroxylation sites is 2. The van der Waals surface area contributed by atoms with Gasteiger partial charge in [-0.05, 0) is 36.8 Å². The molecule has 0 bridgehead atoms. The Bertz CT molecular complexity index is 776. The number of anilines is 2. The molecule has 1 aliphatic rings. The average Bonchev–Trinajstić information content (AvgIpc) is 3.09. The van der Waals surface area contributed by atoms with Gasteiger partial charge in [-0.25, -0.2) is 9.69 Å². The van der Waals surface area contributed by atoms with Crippen molar-refractivity contribution in [3.63, 3.8) is 0 Å². The van der Waals surface area contributed by atoms with Gasteiger partial charge in [0, 0.05) is 23.7 Å². The zero-order valence-electron chi connectivity index (χ0n) is 13.3. The summed E-state index contributed by atoms with van der Waals surface area (Å²) in [5, 5.41) is 3.44. The normalized spacial score (nSPS) is 13.3. The summed E-state index contributed by atoms with van der Waals surface area (Å²) < 4.78 is 5.41. The molecular weight excluding hydrogens is 326 g/mol. The summed E-state index contributed by atoms with van der Waals surface area (Å²) in [5.41, 5.74) is 1.30. The summed E-state index contributed by atoms with van der Waals surface area (Å²) in [7, 11) is 1.59. The minimum Gasteiger partial charge on any atom is -0.495 e. The van der Waals surface area contributed by atoms with Crippen LogP contribution >= 0.6 is 11.6 Å². The molecule has 1 N–H and O–H groups in total. The monoisotopic (exact) mass is 343 g/mol. The van der Waals surface area contributed by atoms with Gasteiger partial charge < -0.3 is 10.1 Å². The van der Waals surface area contributed by atoms with Crippen LogP contribution in [-0.2, 0) is 0 Å². The Morgan fingerprint density at radius 2 is 2.08 bits per heavy atom. The lowest BCUT2D eigenvalue weighted by Crippen LogP contribution is -2.39. The molecule has 0 saturated carbocycles. The molecule has 2 aromatic rings. The highest BCUT2D eigenvalue weighted by atomic mass is 35.5. The Morgan fingerprint density at radius 3 is 2.79 bits per heavy atom. The van der Waals surface area contributed by atoms with Gasteiger partial charge in [0.1, 0.15) is 11.6 Å². The lowest BCUT2D eigenvalue weighted by molar-refractivity contribution is 0.259. The molecule has 0 aliphatic carbocycles. The highest BCUT2D eigenvalue weighted by molar-refractivity contribution is 6.31. The number of carbonyl (C=O) groups is 1. The molecule has 0 spiro atoms. The van der Waals surface area contributed by atoms with Crippen LogP contribution in [0.1, 0.15) is 12.8 Å². The third kappa shape index (κ3) is 3.51. The van der Waals surface area contributed by atoms with Gasteiger partial charge in [-0.3, -0.25) is 4.99 Å². The number of hydrogen-bond acceptors (Lipinski definition) is 3. The molecule has 2 amide bonds. The van der Waals surface area contributed by atoms with Crippen LogP contribution in [0.2, 0.25) is 5.02 Å². The SMILES string of the molecule is COc1ccccc1N(C(=O)Nc1cccc(Cl)c1)C1=NCCC1. The zero-order valence-corrected chi connectivity index (χ0v) is 14.1. The maximum absolute atomic E-state index is 12.9. The van der Waals surface area contributed by atoms with Crippen LogP contribution in [0.4, 0.5) is 16.2 Å². The number of nitrogens with one attached hydrogen (secondary N) is 1. The molecule has 1 heterocycles. The fourth-order valence-electron chi connectivity index (χ4n) is 2.63. The summed E-state index contributed by atoms with van der Waals surface area (Å²) in [5.74, 6) is 1.35. The Labute approximate surface area is 145 Å². The van der Waals surface area contributed by atoms with E-state index in [1.807, 2.05) is 24.3 Å². The van der Waals surface area contributed by atoms with Crippen molar-refractivity contribution in [2.75, 3.05) is 23.9 Å². The van der Waals surface area contributed by atoms with Gasteiger partial charge in [-0.1, -0.05) is 29.8 Å². The summed E-state index contributed by atoms with van der Waals surface area (Å²) in [4.78, 5) is 19.0. The summed E-state index contributed by atoms with van der Waals surface area (Å²) in [6.45, 7) is 0.728. The number of benzene rings is 2. The van der Waals surface area contributed by atoms with Crippen molar-refractivity contribution in [2.24, 2.45) is 4.99 Å². The average molecular weight is 344 g/mol. The van der Waals surface area contributed by atoms with E-state index < -0.39 is 0 Å². The fraction of sp³-hybridized carbons (Fsp3) is 0.222. The van der Waals surface area contributed by atoms with E-state index in [-0.39, 0.29) is 6.03 Å². The first-order valence-electron chi connectivity index (χ1n) is 7.72. The molecule has 124 valence electrons. The number of carbonyl (C=O) groups excluding carboxylic acids is 1. The van der Waals surface area contributed by atoms with Crippen molar-refractivity contribution < 1.29 is 9.53 Å². The van der Waals surface area contributed by atoms with Crippen LogP contribution in [0.5, 0.6) is 5.75 Å². The van der Waals surface area contributed by atoms with Crippen molar-refractivity contribution >= 4 is 34.8 Å². The maximum Gasteiger partial charge on any atom is 0.332 e. The van der Waals surface area contributed by atoms with Gasteiger partial charge in [-0.15, -0.1) is 0 Å². The minimum atomic E-state index is -0.289. The van der Waals surface area contributed by atoms with Gasteiger partial charge in [0.15, 0.2) is 0 Å². The third-order valence-corrected chi connectivity index (χ3v) is 3.95. The van der Waals surface area contributed by atoms with Gasteiger partial charge in [0.2, 0.25) is 0 Å². The molecular formula is C18H18ClN3O2. The van der Waals surface area contributed by atoms with Crippen LogP contribution in [-0.4, -0.2) is 25.5 Å². The summed E-state index contributed by atoms with van der Waals surface area (Å²) in [6, 6.07) is 14.2. The first-order chi connectivity index (χ1) is 11.7. The van der Waals surface area contributed by atoms with E-state index in [4.69, 9.17) is 16.3 Å². The molecule has 0 atom stereocenters. The Kier molecular flexibility index (Phi) is 5.01. The number of methoxy groups -OCH3 is 1. The lowest BCUT2D eigenvalue weighted by atomic mass is 10.2. The highest BCUT2D eigenvalue weighted by Gasteiger charge is 2.26. The predicted octanol–water partition coefficient (Wildman–Crippen LogP) is 4.58. The molecule has 24 heavy (non-hydrogen) atoms. The Hall–Kier alpha value is -2.53. The molecule has 1 aliphatic heterocycles. The van der Waals surface area contributed by atoms with E-state index in [0.717, 1.165) is 25.2 Å². The highest BCUT2D eigenvalue weighted by Crippen LogP contribution is 2.30. The quantitative estimate of drug-likeness (QED) is 0.886. The van der Waals surface area contributed by atoms with Crippen molar-refractivity contribution in [3.8, 4) is 5.75 Å². The standard InChI is InChI=1S/C18H18ClN3O2/c1-24-16-9-3-2-8-15(16)22(17-10-5-11-20-17)18(23)21-14-7-4-6-13(19)12-14/h2-4,6-9,12H,5,10-11H2,1H3,(H,21,23). The summed E-state index contributed by atoms with van der Waals surface area (Å²) >= 11 is 5.99. The van der Waals surface area contributed by atoms with Crippen LogP contribution in [0.25, 0.3) is 0 Å². The van der Waals surface area contributed by atoms with E-state index in [0.29, 0.717) is 22.1 Å². The molecule has 0 radical (unpaired) electrons. The number of amidine groups is 1. The molecule has 0 aromatic heterocycles. The second kappa shape index (κ2) is 7.36. The maximum atomic E-state index is 12.9.